The van der Waals surface area contributed by atoms with Crippen LogP contribution in [0, 0.1) is 0 Å². The molecule has 0 saturated carbocycles. The molecule has 0 radical (unpaired) electrons. The van der Waals surface area contributed by atoms with E-state index in [9.17, 15) is 0 Å². The first-order valence-corrected chi connectivity index (χ1v) is 12.6. The highest BCUT2D eigenvalue weighted by Crippen LogP contribution is 2.23. The van der Waals surface area contributed by atoms with E-state index in [-0.39, 0.29) is 0 Å². The van der Waals surface area contributed by atoms with E-state index >= 15 is 0 Å². The molecule has 19 heavy (non-hydrogen) atoms. The first-order valence-electron chi connectivity index (χ1n) is 7.51. The highest BCUT2D eigenvalue weighted by atomic mass is 28.4. The third-order valence-electron chi connectivity index (χ3n) is 2.89. The van der Waals surface area contributed by atoms with Gasteiger partial charge in [-0.2, -0.15) is 0 Å². The van der Waals surface area contributed by atoms with E-state index in [1.54, 1.807) is 0 Å². The fraction of sp³-hybridized carbons (Fsp3) is 1.00. The summed E-state index contributed by atoms with van der Waals surface area (Å²) in [5.41, 5.74) is 0. The first-order chi connectivity index (χ1) is 8.95. The highest BCUT2D eigenvalue weighted by Gasteiger charge is 2.40. The summed E-state index contributed by atoms with van der Waals surface area (Å²) in [6.07, 6.45) is 1.06. The van der Waals surface area contributed by atoms with Gasteiger partial charge in [0.25, 0.3) is 0 Å². The lowest BCUT2D eigenvalue weighted by Crippen LogP contribution is -2.46. The van der Waals surface area contributed by atoms with Crippen LogP contribution >= 0.6 is 0 Å². The monoisotopic (exact) mass is 308 g/mol. The molecule has 116 valence electrons. The van der Waals surface area contributed by atoms with Gasteiger partial charge in [0, 0.05) is 32.5 Å². The molecular weight excluding hydrogens is 276 g/mol. The third kappa shape index (κ3) is 8.21. The Hall–Kier alpha value is 0.274. The Morgan fingerprint density at radius 1 is 0.632 bits per heavy atom. The lowest BCUT2D eigenvalue weighted by atomic mass is 10.6. The van der Waals surface area contributed by atoms with Crippen LogP contribution in [0.3, 0.4) is 0 Å². The topological polar surface area (TPSA) is 36.9 Å². The van der Waals surface area contributed by atoms with Gasteiger partial charge in [-0.05, 0) is 53.3 Å². The zero-order valence-corrected chi connectivity index (χ0v) is 15.6. The predicted molar refractivity (Wildman–Crippen MR) is 84.0 cm³/mol. The molecule has 0 unspecified atom stereocenters. The maximum Gasteiger partial charge on any atom is 0.500 e. The molecule has 0 aliphatic heterocycles. The Morgan fingerprint density at radius 3 is 1.42 bits per heavy atom. The standard InChI is InChI=1S/C13H32O4Si2/c1-7-14-18(5,6)12-11-13-19(15-8-2,16-9-3)17-10-4/h7-13H2,1-6H3. The van der Waals surface area contributed by atoms with Crippen molar-refractivity contribution in [3.8, 4) is 0 Å². The van der Waals surface area contributed by atoms with Gasteiger partial charge >= 0.3 is 8.80 Å². The molecule has 0 spiro atoms. The van der Waals surface area contributed by atoms with Crippen molar-refractivity contribution in [1.29, 1.82) is 0 Å². The number of hydrogen-bond donors (Lipinski definition) is 0. The van der Waals surface area contributed by atoms with Gasteiger partial charge < -0.3 is 17.7 Å². The Balaban J connectivity index is 4.38. The Kier molecular flexibility index (Phi) is 10.2. The minimum absolute atomic E-state index is 0.651. The Morgan fingerprint density at radius 2 is 1.05 bits per heavy atom. The fourth-order valence-electron chi connectivity index (χ4n) is 2.19. The Labute approximate surface area is 121 Å². The lowest BCUT2D eigenvalue weighted by Gasteiger charge is -2.29. The van der Waals surface area contributed by atoms with Crippen LogP contribution in [0.5, 0.6) is 0 Å². The second-order valence-corrected chi connectivity index (χ2v) is 12.1. The van der Waals surface area contributed by atoms with Crippen LogP contribution in [-0.2, 0) is 17.7 Å². The van der Waals surface area contributed by atoms with Gasteiger partial charge in [0.1, 0.15) is 0 Å². The molecule has 0 aromatic rings. The van der Waals surface area contributed by atoms with Crippen LogP contribution in [-0.4, -0.2) is 43.5 Å². The summed E-state index contributed by atoms with van der Waals surface area (Å²) >= 11 is 0. The van der Waals surface area contributed by atoms with Gasteiger partial charge in [0.05, 0.1) is 0 Å². The molecule has 0 aromatic heterocycles. The molecule has 0 atom stereocenters. The molecule has 0 fully saturated rings. The van der Waals surface area contributed by atoms with Crippen molar-refractivity contribution in [2.45, 2.75) is 59.3 Å². The first kappa shape index (κ1) is 19.3. The van der Waals surface area contributed by atoms with Crippen molar-refractivity contribution in [3.63, 3.8) is 0 Å². The summed E-state index contributed by atoms with van der Waals surface area (Å²) in [6, 6.07) is 2.02. The molecule has 0 aliphatic rings. The molecule has 0 saturated heterocycles. The second kappa shape index (κ2) is 10.1. The summed E-state index contributed by atoms with van der Waals surface area (Å²) in [6.45, 7) is 15.4. The SMILES string of the molecule is CCO[Si](C)(C)CCC[Si](OCC)(OCC)OCC. The van der Waals surface area contributed by atoms with Crippen molar-refractivity contribution >= 4 is 17.1 Å². The van der Waals surface area contributed by atoms with Crippen molar-refractivity contribution < 1.29 is 17.7 Å². The molecule has 0 aromatic carbocycles. The van der Waals surface area contributed by atoms with Crippen LogP contribution < -0.4 is 0 Å². The van der Waals surface area contributed by atoms with Crippen LogP contribution in [0.15, 0.2) is 0 Å². The van der Waals surface area contributed by atoms with E-state index in [4.69, 9.17) is 17.7 Å². The minimum Gasteiger partial charge on any atom is -0.418 e. The second-order valence-electron chi connectivity index (χ2n) is 5.03. The van der Waals surface area contributed by atoms with E-state index in [1.807, 2.05) is 20.8 Å². The molecule has 0 rings (SSSR count). The minimum atomic E-state index is -2.45. The summed E-state index contributed by atoms with van der Waals surface area (Å²) in [4.78, 5) is 0. The zero-order valence-electron chi connectivity index (χ0n) is 13.6. The van der Waals surface area contributed by atoms with Crippen molar-refractivity contribution in [2.24, 2.45) is 0 Å². The van der Waals surface area contributed by atoms with Crippen molar-refractivity contribution in [2.75, 3.05) is 26.4 Å². The van der Waals surface area contributed by atoms with Gasteiger partial charge in [0.2, 0.25) is 0 Å². The predicted octanol–water partition coefficient (Wildman–Crippen LogP) is 3.67. The van der Waals surface area contributed by atoms with Gasteiger partial charge in [-0.1, -0.05) is 0 Å². The Bertz CT molecular complexity index is 208. The molecule has 0 bridgehead atoms. The third-order valence-corrected chi connectivity index (χ3v) is 8.67. The summed E-state index contributed by atoms with van der Waals surface area (Å²) in [7, 11) is -3.97. The smallest absolute Gasteiger partial charge is 0.418 e. The molecule has 0 N–H and O–H groups in total. The largest absolute Gasteiger partial charge is 0.500 e. The van der Waals surface area contributed by atoms with Gasteiger partial charge in [-0.3, -0.25) is 0 Å². The molecular formula is C13H32O4Si2. The molecule has 4 nitrogen and oxygen atoms in total. The van der Waals surface area contributed by atoms with Gasteiger partial charge in [-0.15, -0.1) is 0 Å². The quantitative estimate of drug-likeness (QED) is 0.516. The van der Waals surface area contributed by atoms with E-state index < -0.39 is 17.1 Å². The fourth-order valence-corrected chi connectivity index (χ4v) is 7.11. The average molecular weight is 309 g/mol. The lowest BCUT2D eigenvalue weighted by molar-refractivity contribution is 0.0711. The van der Waals surface area contributed by atoms with Gasteiger partial charge in [0.15, 0.2) is 8.32 Å². The zero-order chi connectivity index (χ0) is 14.8. The van der Waals surface area contributed by atoms with E-state index in [0.29, 0.717) is 19.8 Å². The normalized spacial score (nSPS) is 12.9. The van der Waals surface area contributed by atoms with E-state index in [1.165, 1.54) is 0 Å². The van der Waals surface area contributed by atoms with E-state index in [2.05, 4.69) is 20.0 Å². The van der Waals surface area contributed by atoms with Crippen molar-refractivity contribution in [1.82, 2.24) is 0 Å². The van der Waals surface area contributed by atoms with E-state index in [0.717, 1.165) is 25.1 Å². The van der Waals surface area contributed by atoms with Crippen molar-refractivity contribution in [3.05, 3.63) is 0 Å². The number of hydrogen-bond acceptors (Lipinski definition) is 4. The van der Waals surface area contributed by atoms with Crippen LogP contribution in [0.1, 0.15) is 34.1 Å². The summed E-state index contributed by atoms with van der Waals surface area (Å²) in [5, 5.41) is 0. The summed E-state index contributed by atoms with van der Waals surface area (Å²) in [5.74, 6) is 0. The number of rotatable bonds is 12. The van der Waals surface area contributed by atoms with Gasteiger partial charge in [-0.25, -0.2) is 0 Å². The molecule has 6 heteroatoms. The van der Waals surface area contributed by atoms with Crippen LogP contribution in [0.4, 0.5) is 0 Å². The summed E-state index contributed by atoms with van der Waals surface area (Å²) < 4.78 is 23.4. The van der Waals surface area contributed by atoms with Crippen LogP contribution in [0.25, 0.3) is 0 Å². The highest BCUT2D eigenvalue weighted by molar-refractivity contribution is 6.71. The molecule has 0 aliphatic carbocycles. The average Bonchev–Trinajstić information content (AvgIpc) is 2.29. The molecule has 0 amide bonds. The van der Waals surface area contributed by atoms with Crippen LogP contribution in [0.2, 0.25) is 25.2 Å². The molecule has 0 heterocycles. The maximum absolute atomic E-state index is 5.86. The maximum atomic E-state index is 5.86.